The van der Waals surface area contributed by atoms with E-state index in [1.54, 1.807) is 18.2 Å². The second-order valence-electron chi connectivity index (χ2n) is 2.21. The molecule has 0 heterocycles. The molecule has 0 bridgehead atoms. The summed E-state index contributed by atoms with van der Waals surface area (Å²) in [5, 5.41) is 16.9. The topological polar surface area (TPSA) is 63.4 Å². The highest BCUT2D eigenvalue weighted by Crippen LogP contribution is 2.25. The van der Waals surface area contributed by atoms with Crippen LogP contribution >= 0.6 is 11.6 Å². The molecular formula is C7H6ClNO3. The van der Waals surface area contributed by atoms with Crippen LogP contribution in [0.25, 0.3) is 0 Å². The van der Waals surface area contributed by atoms with Gasteiger partial charge in [-0.15, -0.1) is 0 Å². The van der Waals surface area contributed by atoms with Crippen LogP contribution in [0.4, 0.5) is 0 Å². The first-order chi connectivity index (χ1) is 5.55. The van der Waals surface area contributed by atoms with Crippen molar-refractivity contribution >= 4 is 11.6 Å². The van der Waals surface area contributed by atoms with Gasteiger partial charge in [-0.2, -0.15) is 0 Å². The summed E-state index contributed by atoms with van der Waals surface area (Å²) in [6.07, 6.45) is 0. The van der Waals surface area contributed by atoms with Crippen molar-refractivity contribution in [1.29, 1.82) is 0 Å². The van der Waals surface area contributed by atoms with Crippen molar-refractivity contribution in [3.63, 3.8) is 0 Å². The number of hydrogen-bond donors (Lipinski definition) is 1. The highest BCUT2D eigenvalue weighted by Gasteiger charge is 2.39. The van der Waals surface area contributed by atoms with Crippen molar-refractivity contribution < 1.29 is 10.0 Å². The van der Waals surface area contributed by atoms with Crippen molar-refractivity contribution in [2.75, 3.05) is 0 Å². The molecule has 12 heavy (non-hydrogen) atoms. The summed E-state index contributed by atoms with van der Waals surface area (Å²) < 4.78 is 0. The third-order valence-corrected chi connectivity index (χ3v) is 1.74. The number of rotatable bonds is 2. The highest BCUT2D eigenvalue weighted by molar-refractivity contribution is 6.21. The molecular weight excluding hydrogens is 182 g/mol. The average Bonchev–Trinajstić information content (AvgIpc) is 2.06. The minimum Gasteiger partial charge on any atom is -0.313 e. The summed E-state index contributed by atoms with van der Waals surface area (Å²) >= 11 is 5.25. The van der Waals surface area contributed by atoms with Crippen LogP contribution in [-0.4, -0.2) is 10.0 Å². The van der Waals surface area contributed by atoms with Gasteiger partial charge in [0.15, 0.2) is 0 Å². The first-order valence-corrected chi connectivity index (χ1v) is 3.54. The van der Waals surface area contributed by atoms with Crippen LogP contribution in [0.15, 0.2) is 30.3 Å². The van der Waals surface area contributed by atoms with E-state index in [0.29, 0.717) is 0 Å². The Morgan fingerprint density at radius 2 is 1.92 bits per heavy atom. The molecule has 0 saturated heterocycles. The smallest absolute Gasteiger partial charge is 0.313 e. The number of aliphatic hydroxyl groups is 1. The first-order valence-electron chi connectivity index (χ1n) is 3.16. The van der Waals surface area contributed by atoms with Gasteiger partial charge in [0.05, 0.1) is 10.5 Å². The van der Waals surface area contributed by atoms with Gasteiger partial charge in [0.2, 0.25) is 0 Å². The standard InChI is InChI=1S/C7H6ClNO3/c8-7(10,9(11)12)6-4-2-1-3-5-6/h1-5,10H. The van der Waals surface area contributed by atoms with Crippen LogP contribution in [0.3, 0.4) is 0 Å². The van der Waals surface area contributed by atoms with E-state index in [4.69, 9.17) is 16.7 Å². The Hall–Kier alpha value is -1.13. The van der Waals surface area contributed by atoms with E-state index >= 15 is 0 Å². The van der Waals surface area contributed by atoms with Crippen molar-refractivity contribution in [3.8, 4) is 0 Å². The van der Waals surface area contributed by atoms with Gasteiger partial charge in [0.25, 0.3) is 0 Å². The zero-order valence-electron chi connectivity index (χ0n) is 5.98. The van der Waals surface area contributed by atoms with Gasteiger partial charge >= 0.3 is 5.18 Å². The maximum Gasteiger partial charge on any atom is 0.429 e. The second-order valence-corrected chi connectivity index (χ2v) is 2.74. The van der Waals surface area contributed by atoms with Crippen LogP contribution in [0.5, 0.6) is 0 Å². The molecule has 1 N–H and O–H groups in total. The SMILES string of the molecule is O=[N+]([O-])C(O)(Cl)c1ccccc1. The Balaban J connectivity index is 3.06. The molecule has 0 spiro atoms. The molecule has 0 fully saturated rings. The predicted molar refractivity (Wildman–Crippen MR) is 43.2 cm³/mol. The summed E-state index contributed by atoms with van der Waals surface area (Å²) in [6, 6.07) is 7.57. The fourth-order valence-electron chi connectivity index (χ4n) is 0.756. The third kappa shape index (κ3) is 1.54. The van der Waals surface area contributed by atoms with Crippen molar-refractivity contribution in [2.24, 2.45) is 0 Å². The van der Waals surface area contributed by atoms with E-state index in [2.05, 4.69) is 0 Å². The number of nitro groups is 1. The van der Waals surface area contributed by atoms with Gasteiger partial charge in [-0.05, 0) is 12.1 Å². The second kappa shape index (κ2) is 3.08. The number of alkyl halides is 1. The molecule has 1 aromatic rings. The van der Waals surface area contributed by atoms with E-state index in [9.17, 15) is 10.1 Å². The van der Waals surface area contributed by atoms with Gasteiger partial charge in [-0.3, -0.25) is 10.1 Å². The molecule has 0 aromatic heterocycles. The van der Waals surface area contributed by atoms with Gasteiger partial charge in [-0.1, -0.05) is 18.2 Å². The summed E-state index contributed by atoms with van der Waals surface area (Å²) in [7, 11) is 0. The minimum absolute atomic E-state index is 0.0525. The summed E-state index contributed by atoms with van der Waals surface area (Å²) in [4.78, 5) is 9.29. The fraction of sp³-hybridized carbons (Fsp3) is 0.143. The largest absolute Gasteiger partial charge is 0.429 e. The molecule has 0 saturated carbocycles. The number of nitrogens with zero attached hydrogens (tertiary/aromatic N) is 1. The normalized spacial score (nSPS) is 15.2. The lowest BCUT2D eigenvalue weighted by molar-refractivity contribution is -0.603. The molecule has 1 rings (SSSR count). The van der Waals surface area contributed by atoms with Crippen molar-refractivity contribution in [1.82, 2.24) is 0 Å². The van der Waals surface area contributed by atoms with E-state index in [1.807, 2.05) is 0 Å². The number of halogens is 1. The molecule has 64 valence electrons. The van der Waals surface area contributed by atoms with Gasteiger partial charge in [-0.25, -0.2) is 0 Å². The van der Waals surface area contributed by atoms with Crippen molar-refractivity contribution in [3.05, 3.63) is 46.0 Å². The third-order valence-electron chi connectivity index (χ3n) is 1.38. The van der Waals surface area contributed by atoms with Gasteiger partial charge in [0.1, 0.15) is 0 Å². The molecule has 1 unspecified atom stereocenters. The molecule has 5 heteroatoms. The van der Waals surface area contributed by atoms with E-state index in [-0.39, 0.29) is 5.56 Å². The lowest BCUT2D eigenvalue weighted by Crippen LogP contribution is -2.28. The highest BCUT2D eigenvalue weighted by atomic mass is 35.5. The van der Waals surface area contributed by atoms with E-state index in [1.165, 1.54) is 12.1 Å². The lowest BCUT2D eigenvalue weighted by Gasteiger charge is -2.10. The average molecular weight is 188 g/mol. The summed E-state index contributed by atoms with van der Waals surface area (Å²) in [5.41, 5.74) is 0.0525. The summed E-state index contributed by atoms with van der Waals surface area (Å²) in [6.45, 7) is 0. The van der Waals surface area contributed by atoms with Crippen LogP contribution < -0.4 is 0 Å². The maximum atomic E-state index is 10.2. The van der Waals surface area contributed by atoms with Gasteiger partial charge < -0.3 is 5.11 Å². The van der Waals surface area contributed by atoms with E-state index in [0.717, 1.165) is 0 Å². The Bertz CT molecular complexity index is 286. The minimum atomic E-state index is -2.51. The van der Waals surface area contributed by atoms with Crippen LogP contribution in [0.2, 0.25) is 0 Å². The molecule has 4 nitrogen and oxygen atoms in total. The molecule has 0 amide bonds. The predicted octanol–water partition coefficient (Wildman–Crippen LogP) is 1.30. The zero-order valence-corrected chi connectivity index (χ0v) is 6.73. The Morgan fingerprint density at radius 1 is 1.42 bits per heavy atom. The molecule has 0 radical (unpaired) electrons. The Kier molecular flexibility index (Phi) is 2.30. The first kappa shape index (κ1) is 8.96. The van der Waals surface area contributed by atoms with Crippen LogP contribution in [0, 0.1) is 10.1 Å². The maximum absolute atomic E-state index is 10.2. The number of benzene rings is 1. The Labute approximate surface area is 73.5 Å². The molecule has 0 aliphatic rings. The number of hydrogen-bond acceptors (Lipinski definition) is 3. The molecule has 1 aromatic carbocycles. The van der Waals surface area contributed by atoms with Crippen molar-refractivity contribution in [2.45, 2.75) is 5.18 Å². The quantitative estimate of drug-likeness (QED) is 0.250. The Morgan fingerprint density at radius 3 is 2.33 bits per heavy atom. The summed E-state index contributed by atoms with van der Waals surface area (Å²) in [5.74, 6) is 0. The zero-order chi connectivity index (χ0) is 9.19. The monoisotopic (exact) mass is 187 g/mol. The van der Waals surface area contributed by atoms with Crippen LogP contribution in [-0.2, 0) is 5.18 Å². The fourth-order valence-corrected chi connectivity index (χ4v) is 0.882. The molecule has 1 atom stereocenters. The molecule has 0 aliphatic heterocycles. The van der Waals surface area contributed by atoms with Gasteiger partial charge in [0, 0.05) is 11.6 Å². The lowest BCUT2D eigenvalue weighted by atomic mass is 10.2. The molecule has 0 aliphatic carbocycles. The van der Waals surface area contributed by atoms with E-state index < -0.39 is 10.1 Å². The van der Waals surface area contributed by atoms with Crippen LogP contribution in [0.1, 0.15) is 5.56 Å².